The Hall–Kier alpha value is -2.55. The first kappa shape index (κ1) is 42.5. The molecular weight excluding hydrogens is 593 g/mol. The van der Waals surface area contributed by atoms with E-state index in [9.17, 15) is 19.0 Å². The molecular formula is C35H59NO8P+. The molecule has 0 aromatic carbocycles. The molecule has 2 atom stereocenters. The molecule has 45 heavy (non-hydrogen) atoms. The number of unbranched alkanes of at least 4 members (excludes halogenated alkanes) is 5. The van der Waals surface area contributed by atoms with Gasteiger partial charge in [0.05, 0.1) is 27.7 Å². The van der Waals surface area contributed by atoms with Crippen LogP contribution in [0, 0.1) is 0 Å². The summed E-state index contributed by atoms with van der Waals surface area (Å²) in [6.07, 6.45) is 31.4. The first-order valence-electron chi connectivity index (χ1n) is 16.2. The van der Waals surface area contributed by atoms with Gasteiger partial charge in [0.25, 0.3) is 0 Å². The maximum Gasteiger partial charge on any atom is 0.472 e. The molecule has 0 rings (SSSR count). The Bertz CT molecular complexity index is 1010. The molecule has 0 heterocycles. The summed E-state index contributed by atoms with van der Waals surface area (Å²) in [4.78, 5) is 34.8. The molecule has 1 N–H and O–H groups in total. The van der Waals surface area contributed by atoms with Gasteiger partial charge in [0.15, 0.2) is 6.10 Å². The SMILES string of the molecule is CC/C=C/C=C/C=C/C=C/C=C/CCCC(=O)OC(COC(=O)CC/C=C/CCCCCC)COP(=O)(O)OCC[N+](C)(C)C. The highest BCUT2D eigenvalue weighted by Gasteiger charge is 2.26. The van der Waals surface area contributed by atoms with Crippen LogP contribution in [0.25, 0.3) is 0 Å². The standard InChI is InChI=1S/C35H58NO8P/c1-6-8-10-12-14-16-17-18-19-20-22-24-26-28-35(38)44-33(32-43-45(39,40)42-30-29-36(3,4)5)31-41-34(37)27-25-23-21-15-13-11-9-7-2/h8,10,12,14,16-23,33H,6-7,9,11,13,15,24-32H2,1-5H3/p+1/b10-8+,14-12+,17-16+,19-18+,22-20+,23-21+. The smallest absolute Gasteiger partial charge is 0.462 e. The van der Waals surface area contributed by atoms with Gasteiger partial charge in [0.2, 0.25) is 0 Å². The summed E-state index contributed by atoms with van der Waals surface area (Å²) >= 11 is 0. The van der Waals surface area contributed by atoms with Crippen molar-refractivity contribution in [1.82, 2.24) is 0 Å². The maximum absolute atomic E-state index is 12.5. The molecule has 0 radical (unpaired) electrons. The van der Waals surface area contributed by atoms with E-state index in [0.29, 0.717) is 30.3 Å². The van der Waals surface area contributed by atoms with Crippen LogP contribution in [0.2, 0.25) is 0 Å². The van der Waals surface area contributed by atoms with Gasteiger partial charge in [0, 0.05) is 12.8 Å². The first-order chi connectivity index (χ1) is 21.5. The van der Waals surface area contributed by atoms with E-state index in [1.807, 2.05) is 81.9 Å². The third-order valence-electron chi connectivity index (χ3n) is 6.11. The van der Waals surface area contributed by atoms with Gasteiger partial charge in [-0.2, -0.15) is 0 Å². The Labute approximate surface area is 272 Å². The monoisotopic (exact) mass is 652 g/mol. The minimum absolute atomic E-state index is 0.00945. The van der Waals surface area contributed by atoms with E-state index in [2.05, 4.69) is 26.0 Å². The van der Waals surface area contributed by atoms with Crippen LogP contribution in [-0.4, -0.2) is 74.9 Å². The van der Waals surface area contributed by atoms with Gasteiger partial charge in [-0.25, -0.2) is 4.57 Å². The largest absolute Gasteiger partial charge is 0.472 e. The van der Waals surface area contributed by atoms with Crippen molar-refractivity contribution in [2.75, 3.05) is 47.5 Å². The van der Waals surface area contributed by atoms with Gasteiger partial charge < -0.3 is 18.9 Å². The summed E-state index contributed by atoms with van der Waals surface area (Å²) in [7, 11) is 1.39. The zero-order valence-electron chi connectivity index (χ0n) is 28.3. The highest BCUT2D eigenvalue weighted by Crippen LogP contribution is 2.43. The molecule has 0 aromatic heterocycles. The van der Waals surface area contributed by atoms with E-state index in [0.717, 1.165) is 19.3 Å². The number of hydrogen-bond donors (Lipinski definition) is 1. The lowest BCUT2D eigenvalue weighted by atomic mass is 10.1. The highest BCUT2D eigenvalue weighted by molar-refractivity contribution is 7.47. The lowest BCUT2D eigenvalue weighted by Gasteiger charge is -2.24. The van der Waals surface area contributed by atoms with Gasteiger partial charge in [-0.1, -0.05) is 106 Å². The van der Waals surface area contributed by atoms with Crippen LogP contribution in [0.3, 0.4) is 0 Å². The van der Waals surface area contributed by atoms with E-state index in [4.69, 9.17) is 18.5 Å². The minimum atomic E-state index is -4.39. The molecule has 0 saturated heterocycles. The third kappa shape index (κ3) is 31.2. The second-order valence-corrected chi connectivity index (χ2v) is 13.0. The Kier molecular flexibility index (Phi) is 26.2. The number of esters is 2. The number of hydrogen-bond acceptors (Lipinski definition) is 7. The van der Waals surface area contributed by atoms with Crippen molar-refractivity contribution in [3.8, 4) is 0 Å². The van der Waals surface area contributed by atoms with Crippen molar-refractivity contribution in [2.24, 2.45) is 0 Å². The topological polar surface area (TPSA) is 108 Å². The predicted octanol–water partition coefficient (Wildman–Crippen LogP) is 7.95. The number of ether oxygens (including phenoxy) is 2. The Morgan fingerprint density at radius 1 is 0.711 bits per heavy atom. The molecule has 9 nitrogen and oxygen atoms in total. The van der Waals surface area contributed by atoms with Gasteiger partial charge >= 0.3 is 19.8 Å². The second-order valence-electron chi connectivity index (χ2n) is 11.6. The Morgan fingerprint density at radius 3 is 1.98 bits per heavy atom. The summed E-state index contributed by atoms with van der Waals surface area (Å²) in [6, 6.07) is 0. The number of quaternary nitrogens is 1. The highest BCUT2D eigenvalue weighted by atomic mass is 31.2. The molecule has 0 aromatic rings. The van der Waals surface area contributed by atoms with Gasteiger partial charge in [-0.15, -0.1) is 0 Å². The van der Waals surface area contributed by atoms with Crippen molar-refractivity contribution in [3.63, 3.8) is 0 Å². The molecule has 0 aliphatic carbocycles. The molecule has 256 valence electrons. The second kappa shape index (κ2) is 27.7. The van der Waals surface area contributed by atoms with E-state index in [-0.39, 0.29) is 26.1 Å². The Morgan fingerprint density at radius 2 is 1.33 bits per heavy atom. The number of allylic oxidation sites excluding steroid dienone is 12. The maximum atomic E-state index is 12.5. The van der Waals surface area contributed by atoms with Crippen LogP contribution < -0.4 is 0 Å². The van der Waals surface area contributed by atoms with E-state index >= 15 is 0 Å². The van der Waals surface area contributed by atoms with Crippen LogP contribution in [0.1, 0.15) is 84.5 Å². The number of rotatable bonds is 27. The fraction of sp³-hybridized carbons (Fsp3) is 0.600. The van der Waals surface area contributed by atoms with Gasteiger partial charge in [-0.3, -0.25) is 18.6 Å². The van der Waals surface area contributed by atoms with Crippen LogP contribution in [-0.2, 0) is 32.7 Å². The van der Waals surface area contributed by atoms with Gasteiger partial charge in [0.1, 0.15) is 19.8 Å². The molecule has 0 amide bonds. The van der Waals surface area contributed by atoms with Crippen molar-refractivity contribution in [3.05, 3.63) is 72.9 Å². The van der Waals surface area contributed by atoms with Crippen molar-refractivity contribution < 1.29 is 42.1 Å². The lowest BCUT2D eigenvalue weighted by Crippen LogP contribution is -2.37. The number of carbonyl (C=O) groups is 2. The predicted molar refractivity (Wildman–Crippen MR) is 182 cm³/mol. The number of phosphoric ester groups is 1. The molecule has 0 aliphatic heterocycles. The van der Waals surface area contributed by atoms with E-state index < -0.39 is 32.5 Å². The van der Waals surface area contributed by atoms with Crippen molar-refractivity contribution in [1.29, 1.82) is 0 Å². The lowest BCUT2D eigenvalue weighted by molar-refractivity contribution is -0.870. The summed E-state index contributed by atoms with van der Waals surface area (Å²) < 4.78 is 33.8. The summed E-state index contributed by atoms with van der Waals surface area (Å²) in [5.74, 6) is -0.962. The van der Waals surface area contributed by atoms with E-state index in [1.165, 1.54) is 19.3 Å². The number of likely N-dealkylation sites (N-methyl/N-ethyl adjacent to an activating group) is 1. The third-order valence-corrected chi connectivity index (χ3v) is 7.10. The molecule has 0 aliphatic rings. The molecule has 0 spiro atoms. The van der Waals surface area contributed by atoms with Crippen LogP contribution >= 0.6 is 7.82 Å². The van der Waals surface area contributed by atoms with Crippen molar-refractivity contribution >= 4 is 19.8 Å². The van der Waals surface area contributed by atoms with Crippen molar-refractivity contribution in [2.45, 2.75) is 90.6 Å². The fourth-order valence-corrected chi connectivity index (χ4v) is 4.27. The first-order valence-corrected chi connectivity index (χ1v) is 17.7. The molecule has 2 unspecified atom stereocenters. The summed E-state index contributed by atoms with van der Waals surface area (Å²) in [5, 5.41) is 0. The fourth-order valence-electron chi connectivity index (χ4n) is 3.53. The zero-order chi connectivity index (χ0) is 33.7. The molecule has 0 fully saturated rings. The van der Waals surface area contributed by atoms with E-state index in [1.54, 1.807) is 0 Å². The average Bonchev–Trinajstić information content (AvgIpc) is 2.97. The number of phosphoric acid groups is 1. The van der Waals surface area contributed by atoms with Gasteiger partial charge in [-0.05, 0) is 38.5 Å². The number of nitrogens with zero attached hydrogens (tertiary/aromatic N) is 1. The van der Waals surface area contributed by atoms with Crippen LogP contribution in [0.4, 0.5) is 0 Å². The minimum Gasteiger partial charge on any atom is -0.462 e. The average molecular weight is 653 g/mol. The zero-order valence-corrected chi connectivity index (χ0v) is 29.2. The number of carbonyl (C=O) groups excluding carboxylic acids is 2. The summed E-state index contributed by atoms with van der Waals surface area (Å²) in [6.45, 7) is 4.03. The van der Waals surface area contributed by atoms with Crippen LogP contribution in [0.5, 0.6) is 0 Å². The quantitative estimate of drug-likeness (QED) is 0.0238. The van der Waals surface area contributed by atoms with Crippen LogP contribution in [0.15, 0.2) is 72.9 Å². The normalized spacial score (nSPS) is 14.9. The summed E-state index contributed by atoms with van der Waals surface area (Å²) in [5.41, 5.74) is 0. The molecule has 0 saturated carbocycles. The Balaban J connectivity index is 4.74. The molecule has 10 heteroatoms. The molecule has 0 bridgehead atoms.